The van der Waals surface area contributed by atoms with Crippen LogP contribution in [-0.4, -0.2) is 36.1 Å². The minimum absolute atomic E-state index is 0.0982. The first-order valence-electron chi connectivity index (χ1n) is 14.8. The van der Waals surface area contributed by atoms with Crippen LogP contribution in [-0.2, 0) is 16.0 Å². The Balaban J connectivity index is 2.31. The van der Waals surface area contributed by atoms with Gasteiger partial charge in [0, 0.05) is 24.9 Å². The molecule has 1 aromatic rings. The summed E-state index contributed by atoms with van der Waals surface area (Å²) in [4.78, 5) is 28.5. The van der Waals surface area contributed by atoms with Crippen LogP contribution < -0.4 is 0 Å². The molecule has 0 spiro atoms. The average Bonchev–Trinajstić information content (AvgIpc) is 3.07. The fraction of sp³-hybridized carbons (Fsp3) is 0.647. The number of allylic oxidation sites excluding steroid dienone is 4. The second-order valence-corrected chi connectivity index (χ2v) is 12.9. The van der Waals surface area contributed by atoms with E-state index in [1.165, 1.54) is 30.5 Å². The lowest BCUT2D eigenvalue weighted by Crippen LogP contribution is -2.43. The minimum Gasteiger partial charge on any atom is -0.298 e. The molecular weight excluding hydrogens is 473 g/mol. The Morgan fingerprint density at radius 1 is 1.08 bits per heavy atom. The molecule has 0 radical (unpaired) electrons. The molecule has 2 rings (SSSR count). The van der Waals surface area contributed by atoms with E-state index in [9.17, 15) is 14.0 Å². The Bertz CT molecular complexity index is 971. The van der Waals surface area contributed by atoms with Gasteiger partial charge < -0.3 is 0 Å². The van der Waals surface area contributed by atoms with E-state index in [1.807, 2.05) is 6.08 Å². The lowest BCUT2D eigenvalue weighted by atomic mass is 9.84. The number of benzene rings is 1. The number of carbonyl (C=O) groups is 2. The number of rotatable bonds is 16. The van der Waals surface area contributed by atoms with Gasteiger partial charge in [0.1, 0.15) is 12.1 Å². The predicted molar refractivity (Wildman–Crippen MR) is 158 cm³/mol. The van der Waals surface area contributed by atoms with Gasteiger partial charge in [0.25, 0.3) is 0 Å². The van der Waals surface area contributed by atoms with Gasteiger partial charge in [0.2, 0.25) is 0 Å². The maximum atomic E-state index is 14.0. The number of hydrogen-bond donors (Lipinski definition) is 0. The third-order valence-electron chi connectivity index (χ3n) is 8.16. The molecule has 4 heteroatoms. The van der Waals surface area contributed by atoms with Crippen molar-refractivity contribution in [2.75, 3.05) is 13.1 Å². The molecule has 0 amide bonds. The molecule has 0 saturated heterocycles. The van der Waals surface area contributed by atoms with Crippen LogP contribution in [0.5, 0.6) is 0 Å². The summed E-state index contributed by atoms with van der Waals surface area (Å²) in [5, 5.41) is 0. The highest BCUT2D eigenvalue weighted by Gasteiger charge is 2.40. The summed E-state index contributed by atoms with van der Waals surface area (Å²) in [5.74, 6) is 0.951. The van der Waals surface area contributed by atoms with Gasteiger partial charge in [-0.25, -0.2) is 4.39 Å². The van der Waals surface area contributed by atoms with Crippen LogP contribution in [0.4, 0.5) is 4.39 Å². The maximum Gasteiger partial charge on any atom is 0.154 e. The van der Waals surface area contributed by atoms with Crippen molar-refractivity contribution in [2.45, 2.75) is 106 Å². The van der Waals surface area contributed by atoms with Gasteiger partial charge in [-0.1, -0.05) is 91.5 Å². The van der Waals surface area contributed by atoms with Crippen molar-refractivity contribution in [2.24, 2.45) is 23.2 Å². The molecule has 0 aliphatic heterocycles. The van der Waals surface area contributed by atoms with E-state index in [4.69, 9.17) is 0 Å². The SMILES string of the molecule is CCC[C@H](CCCC(C)C)N(CC(=O)C1CC(C)(C)C(C)=C1/C=C(\C=O)Cc1ccc(F)cc1)CC(C)C. The van der Waals surface area contributed by atoms with Crippen LogP contribution >= 0.6 is 0 Å². The van der Waals surface area contributed by atoms with Crippen LogP contribution in [0.1, 0.15) is 99.5 Å². The predicted octanol–water partition coefficient (Wildman–Crippen LogP) is 8.38. The van der Waals surface area contributed by atoms with Crippen LogP contribution in [0.3, 0.4) is 0 Å². The molecule has 3 nitrogen and oxygen atoms in total. The fourth-order valence-corrected chi connectivity index (χ4v) is 5.81. The minimum atomic E-state index is -0.288. The number of aldehydes is 1. The van der Waals surface area contributed by atoms with E-state index < -0.39 is 0 Å². The third kappa shape index (κ3) is 9.59. The van der Waals surface area contributed by atoms with E-state index in [0.29, 0.717) is 36.4 Å². The largest absolute Gasteiger partial charge is 0.298 e. The molecule has 1 aromatic carbocycles. The molecule has 0 N–H and O–H groups in total. The highest BCUT2D eigenvalue weighted by molar-refractivity contribution is 5.88. The summed E-state index contributed by atoms with van der Waals surface area (Å²) in [6.07, 6.45) is 9.81. The topological polar surface area (TPSA) is 37.4 Å². The Morgan fingerprint density at radius 3 is 2.29 bits per heavy atom. The zero-order valence-corrected chi connectivity index (χ0v) is 25.3. The first-order chi connectivity index (χ1) is 17.9. The van der Waals surface area contributed by atoms with E-state index in [2.05, 4.69) is 60.3 Å². The normalized spacial score (nSPS) is 18.6. The number of nitrogens with zero attached hydrogens (tertiary/aromatic N) is 1. The number of carbonyl (C=O) groups excluding carboxylic acids is 2. The van der Waals surface area contributed by atoms with Crippen molar-refractivity contribution in [3.05, 3.63) is 58.4 Å². The second-order valence-electron chi connectivity index (χ2n) is 12.9. The molecule has 0 fully saturated rings. The van der Waals surface area contributed by atoms with Crippen molar-refractivity contribution in [1.29, 1.82) is 0 Å². The van der Waals surface area contributed by atoms with Crippen LogP contribution in [0.25, 0.3) is 0 Å². The molecule has 0 saturated carbocycles. The Hall–Kier alpha value is -2.07. The van der Waals surface area contributed by atoms with Gasteiger partial charge in [-0.05, 0) is 72.3 Å². The Kier molecular flexibility index (Phi) is 12.6. The first kappa shape index (κ1) is 32.1. The molecule has 0 heterocycles. The average molecular weight is 526 g/mol. The smallest absolute Gasteiger partial charge is 0.154 e. The monoisotopic (exact) mass is 525 g/mol. The Morgan fingerprint density at radius 2 is 1.74 bits per heavy atom. The summed E-state index contributed by atoms with van der Waals surface area (Å²) < 4.78 is 13.4. The molecule has 0 aromatic heterocycles. The van der Waals surface area contributed by atoms with Gasteiger partial charge in [0.15, 0.2) is 5.78 Å². The molecule has 2 atom stereocenters. The van der Waals surface area contributed by atoms with E-state index >= 15 is 0 Å². The van der Waals surface area contributed by atoms with Gasteiger partial charge in [-0.3, -0.25) is 14.5 Å². The number of Topliss-reactive ketones (excluding diaryl/α,β-unsaturated/α-hetero) is 1. The molecule has 1 aliphatic rings. The van der Waals surface area contributed by atoms with Crippen molar-refractivity contribution in [3.63, 3.8) is 0 Å². The lowest BCUT2D eigenvalue weighted by Gasteiger charge is -2.34. The van der Waals surface area contributed by atoms with E-state index in [-0.39, 0.29) is 22.9 Å². The van der Waals surface area contributed by atoms with Gasteiger partial charge >= 0.3 is 0 Å². The number of ketones is 1. The highest BCUT2D eigenvalue weighted by atomic mass is 19.1. The van der Waals surface area contributed by atoms with Crippen molar-refractivity contribution < 1.29 is 14.0 Å². The van der Waals surface area contributed by atoms with Crippen molar-refractivity contribution >= 4 is 12.1 Å². The van der Waals surface area contributed by atoms with Crippen molar-refractivity contribution in [1.82, 2.24) is 4.90 Å². The van der Waals surface area contributed by atoms with Crippen LogP contribution in [0.2, 0.25) is 0 Å². The first-order valence-corrected chi connectivity index (χ1v) is 14.8. The summed E-state index contributed by atoms with van der Waals surface area (Å²) in [7, 11) is 0. The van der Waals surface area contributed by atoms with E-state index in [0.717, 1.165) is 49.7 Å². The molecule has 0 bridgehead atoms. The maximum absolute atomic E-state index is 14.0. The standard InChI is InChI=1S/C34H52FNO2/c1-9-11-30(13-10-12-24(2)3)36(21-25(4)5)22-33(38)32-20-34(7,8)26(6)31(32)19-28(23-37)18-27-14-16-29(35)17-15-27/h14-17,19,23-25,30,32H,9-13,18,20-22H2,1-8H3/b28-19-/t30-,32?/m1/s1. The quantitative estimate of drug-likeness (QED) is 0.161. The van der Waals surface area contributed by atoms with Gasteiger partial charge in [-0.15, -0.1) is 0 Å². The summed E-state index contributed by atoms with van der Waals surface area (Å²) >= 11 is 0. The summed E-state index contributed by atoms with van der Waals surface area (Å²) in [6.45, 7) is 19.1. The van der Waals surface area contributed by atoms with Gasteiger partial charge in [-0.2, -0.15) is 0 Å². The highest BCUT2D eigenvalue weighted by Crippen LogP contribution is 2.47. The Labute approximate surface area is 232 Å². The summed E-state index contributed by atoms with van der Waals surface area (Å²) in [5.41, 5.74) is 3.60. The molecule has 1 unspecified atom stereocenters. The third-order valence-corrected chi connectivity index (χ3v) is 8.16. The zero-order chi connectivity index (χ0) is 28.5. The molecule has 1 aliphatic carbocycles. The van der Waals surface area contributed by atoms with Crippen molar-refractivity contribution in [3.8, 4) is 0 Å². The summed E-state index contributed by atoms with van der Waals surface area (Å²) in [6, 6.07) is 6.69. The van der Waals surface area contributed by atoms with Gasteiger partial charge in [0.05, 0.1) is 6.54 Å². The van der Waals surface area contributed by atoms with Crippen LogP contribution in [0.15, 0.2) is 47.1 Å². The van der Waals surface area contributed by atoms with E-state index in [1.54, 1.807) is 12.1 Å². The molecule has 38 heavy (non-hydrogen) atoms. The second kappa shape index (κ2) is 14.9. The van der Waals surface area contributed by atoms with Crippen LogP contribution in [0, 0.1) is 29.0 Å². The fourth-order valence-electron chi connectivity index (χ4n) is 5.81. The molecule has 212 valence electrons. The lowest BCUT2D eigenvalue weighted by molar-refractivity contribution is -0.124. The zero-order valence-electron chi connectivity index (χ0n) is 25.3. The number of hydrogen-bond acceptors (Lipinski definition) is 3. The molecular formula is C34H52FNO2. The number of halogens is 1.